The summed E-state index contributed by atoms with van der Waals surface area (Å²) in [6.07, 6.45) is 7.18. The fourth-order valence-corrected chi connectivity index (χ4v) is 3.98. The number of aryl methyl sites for hydroxylation is 1. The van der Waals surface area contributed by atoms with Crippen molar-refractivity contribution in [2.45, 2.75) is 52.0 Å². The van der Waals surface area contributed by atoms with Crippen LogP contribution in [0.5, 0.6) is 11.5 Å². The zero-order chi connectivity index (χ0) is 25.2. The topological polar surface area (TPSA) is 87.1 Å². The molecular formula is C29H33NO5. The average Bonchev–Trinajstić information content (AvgIpc) is 2.88. The highest BCUT2D eigenvalue weighted by Crippen LogP contribution is 2.28. The van der Waals surface area contributed by atoms with Crippen LogP contribution in [-0.2, 0) is 13.0 Å². The third-order valence-electron chi connectivity index (χ3n) is 6.02. The number of aromatic hydroxyl groups is 1. The second kappa shape index (κ2) is 12.6. The molecule has 0 bridgehead atoms. The first-order valence-corrected chi connectivity index (χ1v) is 12.0. The van der Waals surface area contributed by atoms with E-state index in [1.165, 1.54) is 55.4 Å². The lowest BCUT2D eigenvalue weighted by molar-refractivity contribution is 0.0693. The SMILES string of the molecule is CCCCCCCc1ccc(CN(C(=O)c2cccc(OC)c2)c2ccc(O)c(C(=O)O)c2)cc1. The number of methoxy groups -OCH3 is 1. The van der Waals surface area contributed by atoms with Gasteiger partial charge in [-0.2, -0.15) is 0 Å². The summed E-state index contributed by atoms with van der Waals surface area (Å²) in [5, 5.41) is 19.4. The molecule has 35 heavy (non-hydrogen) atoms. The quantitative estimate of drug-likeness (QED) is 0.294. The Labute approximate surface area is 206 Å². The van der Waals surface area contributed by atoms with Gasteiger partial charge in [0.05, 0.1) is 13.7 Å². The summed E-state index contributed by atoms with van der Waals surface area (Å²) >= 11 is 0. The van der Waals surface area contributed by atoms with E-state index >= 15 is 0 Å². The van der Waals surface area contributed by atoms with Gasteiger partial charge in [0.25, 0.3) is 5.91 Å². The summed E-state index contributed by atoms with van der Waals surface area (Å²) in [5.74, 6) is -1.36. The van der Waals surface area contributed by atoms with Crippen molar-refractivity contribution in [3.05, 3.63) is 89.0 Å². The van der Waals surface area contributed by atoms with Crippen molar-refractivity contribution < 1.29 is 24.5 Å². The Morgan fingerprint density at radius 2 is 1.60 bits per heavy atom. The number of nitrogens with zero attached hydrogens (tertiary/aromatic N) is 1. The molecular weight excluding hydrogens is 442 g/mol. The molecule has 0 saturated heterocycles. The van der Waals surface area contributed by atoms with Gasteiger partial charge in [-0.25, -0.2) is 4.79 Å². The molecule has 0 aliphatic rings. The van der Waals surface area contributed by atoms with Crippen LogP contribution < -0.4 is 9.64 Å². The number of hydrogen-bond acceptors (Lipinski definition) is 4. The zero-order valence-electron chi connectivity index (χ0n) is 20.4. The molecule has 184 valence electrons. The molecule has 0 radical (unpaired) electrons. The maximum absolute atomic E-state index is 13.5. The Bertz CT molecular complexity index is 1140. The number of carboxylic acids is 1. The number of hydrogen-bond donors (Lipinski definition) is 2. The predicted octanol–water partition coefficient (Wildman–Crippen LogP) is 6.46. The van der Waals surface area contributed by atoms with E-state index in [1.807, 2.05) is 12.1 Å². The van der Waals surface area contributed by atoms with Gasteiger partial charge in [-0.05, 0) is 60.4 Å². The van der Waals surface area contributed by atoms with Gasteiger partial charge >= 0.3 is 5.97 Å². The molecule has 2 N–H and O–H groups in total. The number of rotatable bonds is 12. The number of carboxylic acid groups (broad SMARTS) is 1. The van der Waals surface area contributed by atoms with E-state index in [-0.39, 0.29) is 23.8 Å². The van der Waals surface area contributed by atoms with Crippen LogP contribution in [0.15, 0.2) is 66.7 Å². The average molecular weight is 476 g/mol. The number of carbonyl (C=O) groups is 2. The number of unbranched alkanes of at least 4 members (excludes halogenated alkanes) is 4. The van der Waals surface area contributed by atoms with Crippen molar-refractivity contribution in [3.63, 3.8) is 0 Å². The van der Waals surface area contributed by atoms with Gasteiger partial charge in [0, 0.05) is 11.3 Å². The lowest BCUT2D eigenvalue weighted by Crippen LogP contribution is -2.30. The smallest absolute Gasteiger partial charge is 0.339 e. The molecule has 1 amide bonds. The number of phenols is 1. The summed E-state index contributed by atoms with van der Waals surface area (Å²) < 4.78 is 5.26. The highest BCUT2D eigenvalue weighted by molar-refractivity contribution is 6.07. The molecule has 0 aliphatic carbocycles. The number of amides is 1. The monoisotopic (exact) mass is 475 g/mol. The molecule has 0 saturated carbocycles. The van der Waals surface area contributed by atoms with E-state index in [2.05, 4.69) is 19.1 Å². The normalized spacial score (nSPS) is 10.7. The summed E-state index contributed by atoms with van der Waals surface area (Å²) in [6, 6.07) is 19.2. The molecule has 0 atom stereocenters. The molecule has 0 spiro atoms. The van der Waals surface area contributed by atoms with E-state index in [1.54, 1.807) is 30.3 Å². The van der Waals surface area contributed by atoms with E-state index in [9.17, 15) is 19.8 Å². The number of anilines is 1. The van der Waals surface area contributed by atoms with Crippen LogP contribution in [0.1, 0.15) is 70.9 Å². The fourth-order valence-electron chi connectivity index (χ4n) is 3.98. The van der Waals surface area contributed by atoms with Crippen LogP contribution in [0.25, 0.3) is 0 Å². The lowest BCUT2D eigenvalue weighted by Gasteiger charge is -2.24. The van der Waals surface area contributed by atoms with E-state index < -0.39 is 5.97 Å². The van der Waals surface area contributed by atoms with Crippen molar-refractivity contribution in [1.82, 2.24) is 0 Å². The van der Waals surface area contributed by atoms with Gasteiger partial charge in [-0.3, -0.25) is 4.79 Å². The number of carbonyl (C=O) groups excluding carboxylic acids is 1. The molecule has 3 aromatic carbocycles. The van der Waals surface area contributed by atoms with Crippen LogP contribution in [0.2, 0.25) is 0 Å². The minimum Gasteiger partial charge on any atom is -0.507 e. The first-order chi connectivity index (χ1) is 16.9. The maximum atomic E-state index is 13.5. The minimum atomic E-state index is -1.26. The van der Waals surface area contributed by atoms with E-state index in [0.29, 0.717) is 17.0 Å². The van der Waals surface area contributed by atoms with E-state index in [4.69, 9.17) is 4.74 Å². The lowest BCUT2D eigenvalue weighted by atomic mass is 10.0. The van der Waals surface area contributed by atoms with Gasteiger partial charge in [0.2, 0.25) is 0 Å². The van der Waals surface area contributed by atoms with Crippen molar-refractivity contribution in [3.8, 4) is 11.5 Å². The third-order valence-corrected chi connectivity index (χ3v) is 6.02. The molecule has 0 fully saturated rings. The van der Waals surface area contributed by atoms with Crippen LogP contribution in [0, 0.1) is 0 Å². The predicted molar refractivity (Wildman–Crippen MR) is 137 cm³/mol. The van der Waals surface area contributed by atoms with Gasteiger partial charge in [0.15, 0.2) is 0 Å². The second-order valence-electron chi connectivity index (χ2n) is 8.61. The van der Waals surface area contributed by atoms with Crippen molar-refractivity contribution in [2.75, 3.05) is 12.0 Å². The minimum absolute atomic E-state index is 0.247. The number of ether oxygens (including phenoxy) is 1. The molecule has 6 heteroatoms. The molecule has 3 rings (SSSR count). The Balaban J connectivity index is 1.85. The van der Waals surface area contributed by atoms with Crippen LogP contribution in [-0.4, -0.2) is 29.2 Å². The molecule has 0 aliphatic heterocycles. The van der Waals surface area contributed by atoms with Gasteiger partial charge in [-0.1, -0.05) is 62.9 Å². The molecule has 6 nitrogen and oxygen atoms in total. The maximum Gasteiger partial charge on any atom is 0.339 e. The first-order valence-electron chi connectivity index (χ1n) is 12.0. The fraction of sp³-hybridized carbons (Fsp3) is 0.310. The Hall–Kier alpha value is -3.80. The van der Waals surface area contributed by atoms with E-state index in [0.717, 1.165) is 18.4 Å². The Kier molecular flexibility index (Phi) is 9.30. The highest BCUT2D eigenvalue weighted by atomic mass is 16.5. The second-order valence-corrected chi connectivity index (χ2v) is 8.61. The summed E-state index contributed by atoms with van der Waals surface area (Å²) in [7, 11) is 1.53. The Morgan fingerprint density at radius 1 is 0.886 bits per heavy atom. The van der Waals surface area contributed by atoms with Crippen molar-refractivity contribution in [1.29, 1.82) is 0 Å². The summed E-state index contributed by atoms with van der Waals surface area (Å²) in [5.41, 5.74) is 2.71. The summed E-state index contributed by atoms with van der Waals surface area (Å²) in [6.45, 7) is 2.46. The molecule has 0 heterocycles. The van der Waals surface area contributed by atoms with Gasteiger partial charge < -0.3 is 19.8 Å². The van der Waals surface area contributed by atoms with Crippen molar-refractivity contribution in [2.24, 2.45) is 0 Å². The number of benzene rings is 3. The highest BCUT2D eigenvalue weighted by Gasteiger charge is 2.21. The largest absolute Gasteiger partial charge is 0.507 e. The molecule has 0 unspecified atom stereocenters. The standard InChI is InChI=1S/C29H33NO5/c1-3-4-5-6-7-9-21-12-14-22(15-13-21)20-30(24-16-17-27(31)26(19-24)29(33)34)28(32)23-10-8-11-25(18-23)35-2/h8,10-19,31H,3-7,9,20H2,1-2H3,(H,33,34). The number of aromatic carboxylic acids is 1. The first kappa shape index (κ1) is 25.8. The van der Waals surface area contributed by atoms with Crippen LogP contribution in [0.3, 0.4) is 0 Å². The molecule has 0 aromatic heterocycles. The Morgan fingerprint density at radius 3 is 2.29 bits per heavy atom. The van der Waals surface area contributed by atoms with Gasteiger partial charge in [-0.15, -0.1) is 0 Å². The molecule has 3 aromatic rings. The third kappa shape index (κ3) is 7.09. The summed E-state index contributed by atoms with van der Waals surface area (Å²) in [4.78, 5) is 26.6. The zero-order valence-corrected chi connectivity index (χ0v) is 20.4. The van der Waals surface area contributed by atoms with Crippen LogP contribution in [0.4, 0.5) is 5.69 Å². The van der Waals surface area contributed by atoms with Gasteiger partial charge in [0.1, 0.15) is 17.1 Å². The van der Waals surface area contributed by atoms with Crippen LogP contribution >= 0.6 is 0 Å². The van der Waals surface area contributed by atoms with Crippen molar-refractivity contribution >= 4 is 17.6 Å².